The van der Waals surface area contributed by atoms with Crippen LogP contribution in [0.25, 0.3) is 0 Å². The van der Waals surface area contributed by atoms with Crippen LogP contribution in [0.2, 0.25) is 0 Å². The molecule has 3 nitrogen and oxygen atoms in total. The summed E-state index contributed by atoms with van der Waals surface area (Å²) in [6, 6.07) is 4.74. The van der Waals surface area contributed by atoms with Crippen LogP contribution in [0.5, 0.6) is 0 Å². The molecule has 0 heterocycles. The third-order valence-electron chi connectivity index (χ3n) is 2.10. The maximum Gasteiger partial charge on any atom is 0.336 e. The van der Waals surface area contributed by atoms with Crippen molar-refractivity contribution in [2.45, 2.75) is 24.7 Å². The Balaban J connectivity index is 3.04. The second-order valence-corrected chi connectivity index (χ2v) is 5.80. The summed E-state index contributed by atoms with van der Waals surface area (Å²) in [6.07, 6.45) is 1.78. The first kappa shape index (κ1) is 13.4. The Labute approximate surface area is 105 Å². The summed E-state index contributed by atoms with van der Waals surface area (Å²) in [7, 11) is -1.24. The molecule has 0 aliphatic rings. The van der Waals surface area contributed by atoms with Crippen molar-refractivity contribution in [2.75, 3.05) is 5.75 Å². The van der Waals surface area contributed by atoms with Gasteiger partial charge in [0.05, 0.1) is 21.3 Å². The minimum absolute atomic E-state index is 0.123. The van der Waals surface area contributed by atoms with Crippen LogP contribution >= 0.6 is 15.9 Å². The fraction of sp³-hybridized carbons (Fsp3) is 0.364. The first-order valence-corrected chi connectivity index (χ1v) is 7.08. The van der Waals surface area contributed by atoms with E-state index in [1.165, 1.54) is 6.07 Å². The molecule has 0 amide bonds. The molecule has 0 radical (unpaired) electrons. The molecule has 5 heteroatoms. The minimum atomic E-state index is -1.24. The van der Waals surface area contributed by atoms with E-state index in [4.69, 9.17) is 5.11 Å². The highest BCUT2D eigenvalue weighted by molar-refractivity contribution is 9.10. The minimum Gasteiger partial charge on any atom is -0.478 e. The first-order chi connectivity index (χ1) is 7.56. The van der Waals surface area contributed by atoms with Gasteiger partial charge >= 0.3 is 5.97 Å². The fourth-order valence-electron chi connectivity index (χ4n) is 1.25. The molecule has 16 heavy (non-hydrogen) atoms. The number of carbonyl (C=O) groups is 1. The molecule has 1 aromatic rings. The van der Waals surface area contributed by atoms with Gasteiger partial charge in [-0.15, -0.1) is 0 Å². The highest BCUT2D eigenvalue weighted by Crippen LogP contribution is 2.20. The number of rotatable bonds is 5. The summed E-state index contributed by atoms with van der Waals surface area (Å²) in [5.74, 6) is -0.528. The average molecular weight is 305 g/mol. The standard InChI is InChI=1S/C11H13BrO3S/c1-2-3-6-16(15)10-7-8(12)4-5-9(10)11(13)14/h4-5,7H,2-3,6H2,1H3,(H,13,14). The maximum absolute atomic E-state index is 11.9. The number of halogens is 1. The SMILES string of the molecule is CCCCS(=O)c1cc(Br)ccc1C(=O)O. The molecule has 0 saturated carbocycles. The lowest BCUT2D eigenvalue weighted by Gasteiger charge is -2.06. The Bertz CT molecular complexity index is 418. The fourth-order valence-corrected chi connectivity index (χ4v) is 3.19. The molecule has 0 aliphatic heterocycles. The molecule has 0 saturated heterocycles. The number of carboxylic acids is 1. The molecule has 1 unspecified atom stereocenters. The smallest absolute Gasteiger partial charge is 0.336 e. The molecule has 1 atom stereocenters. The van der Waals surface area contributed by atoms with Crippen molar-refractivity contribution in [3.05, 3.63) is 28.2 Å². The summed E-state index contributed by atoms with van der Waals surface area (Å²) in [5, 5.41) is 8.98. The van der Waals surface area contributed by atoms with Gasteiger partial charge in [-0.2, -0.15) is 0 Å². The lowest BCUT2D eigenvalue weighted by Crippen LogP contribution is -2.06. The normalized spacial score (nSPS) is 12.4. The molecule has 0 spiro atoms. The summed E-state index contributed by atoms with van der Waals surface area (Å²) in [5.41, 5.74) is 0.123. The van der Waals surface area contributed by atoms with Crippen molar-refractivity contribution in [1.82, 2.24) is 0 Å². The van der Waals surface area contributed by atoms with Crippen molar-refractivity contribution in [3.8, 4) is 0 Å². The molecular formula is C11H13BrO3S. The van der Waals surface area contributed by atoms with Crippen LogP contribution in [0.1, 0.15) is 30.1 Å². The largest absolute Gasteiger partial charge is 0.478 e. The quantitative estimate of drug-likeness (QED) is 0.909. The van der Waals surface area contributed by atoms with Crippen molar-refractivity contribution < 1.29 is 14.1 Å². The van der Waals surface area contributed by atoms with E-state index in [9.17, 15) is 9.00 Å². The van der Waals surface area contributed by atoms with E-state index in [0.29, 0.717) is 10.6 Å². The van der Waals surface area contributed by atoms with Crippen LogP contribution in [-0.2, 0) is 10.8 Å². The van der Waals surface area contributed by atoms with Crippen LogP contribution in [0.4, 0.5) is 0 Å². The Hall–Kier alpha value is -0.680. The van der Waals surface area contributed by atoms with Crippen LogP contribution in [-0.4, -0.2) is 21.0 Å². The molecule has 0 aliphatic carbocycles. The van der Waals surface area contributed by atoms with E-state index < -0.39 is 16.8 Å². The topological polar surface area (TPSA) is 54.4 Å². The van der Waals surface area contributed by atoms with Gasteiger partial charge in [0.2, 0.25) is 0 Å². The molecule has 1 aromatic carbocycles. The van der Waals surface area contributed by atoms with Crippen LogP contribution in [0, 0.1) is 0 Å². The van der Waals surface area contributed by atoms with Crippen LogP contribution < -0.4 is 0 Å². The number of unbranched alkanes of at least 4 members (excludes halogenated alkanes) is 1. The van der Waals surface area contributed by atoms with Crippen molar-refractivity contribution in [2.24, 2.45) is 0 Å². The van der Waals surface area contributed by atoms with E-state index in [0.717, 1.165) is 17.3 Å². The van der Waals surface area contributed by atoms with Gasteiger partial charge in [-0.05, 0) is 24.6 Å². The number of benzene rings is 1. The highest BCUT2D eigenvalue weighted by Gasteiger charge is 2.15. The summed E-state index contributed by atoms with van der Waals surface area (Å²) in [4.78, 5) is 11.4. The zero-order chi connectivity index (χ0) is 12.1. The second kappa shape index (κ2) is 6.15. The van der Waals surface area contributed by atoms with Crippen molar-refractivity contribution >= 4 is 32.7 Å². The second-order valence-electron chi connectivity index (χ2n) is 3.35. The van der Waals surface area contributed by atoms with Gasteiger partial charge in [-0.3, -0.25) is 4.21 Å². The number of hydrogen-bond donors (Lipinski definition) is 1. The Morgan fingerprint density at radius 2 is 2.19 bits per heavy atom. The lowest BCUT2D eigenvalue weighted by molar-refractivity contribution is 0.0693. The van der Waals surface area contributed by atoms with Crippen molar-refractivity contribution in [3.63, 3.8) is 0 Å². The molecule has 1 N–H and O–H groups in total. The van der Waals surface area contributed by atoms with Gasteiger partial charge in [0.25, 0.3) is 0 Å². The third-order valence-corrected chi connectivity index (χ3v) is 4.08. The highest BCUT2D eigenvalue weighted by atomic mass is 79.9. The van der Waals surface area contributed by atoms with Gasteiger partial charge in [0.1, 0.15) is 0 Å². The number of hydrogen-bond acceptors (Lipinski definition) is 2. The van der Waals surface area contributed by atoms with Gasteiger partial charge in [0.15, 0.2) is 0 Å². The third kappa shape index (κ3) is 3.42. The van der Waals surface area contributed by atoms with E-state index in [2.05, 4.69) is 15.9 Å². The number of aromatic carboxylic acids is 1. The lowest BCUT2D eigenvalue weighted by atomic mass is 10.2. The van der Waals surface area contributed by atoms with Crippen LogP contribution in [0.15, 0.2) is 27.6 Å². The summed E-state index contributed by atoms with van der Waals surface area (Å²) >= 11 is 3.25. The molecule has 88 valence electrons. The van der Waals surface area contributed by atoms with Gasteiger partial charge in [0, 0.05) is 10.2 Å². The van der Waals surface area contributed by atoms with Crippen molar-refractivity contribution in [1.29, 1.82) is 0 Å². The monoisotopic (exact) mass is 304 g/mol. The molecule has 1 rings (SSSR count). The van der Waals surface area contributed by atoms with E-state index >= 15 is 0 Å². The molecule has 0 bridgehead atoms. The van der Waals surface area contributed by atoms with Gasteiger partial charge in [-0.1, -0.05) is 29.3 Å². The van der Waals surface area contributed by atoms with Gasteiger partial charge in [-0.25, -0.2) is 4.79 Å². The van der Waals surface area contributed by atoms with Crippen LogP contribution in [0.3, 0.4) is 0 Å². The zero-order valence-electron chi connectivity index (χ0n) is 8.90. The Kier molecular flexibility index (Phi) is 5.15. The van der Waals surface area contributed by atoms with Gasteiger partial charge < -0.3 is 5.11 Å². The predicted octanol–water partition coefficient (Wildman–Crippen LogP) is 3.06. The summed E-state index contributed by atoms with van der Waals surface area (Å²) < 4.78 is 12.7. The predicted molar refractivity (Wildman–Crippen MR) is 67.3 cm³/mol. The molecule has 0 fully saturated rings. The molecule has 0 aromatic heterocycles. The van der Waals surface area contributed by atoms with E-state index in [1.54, 1.807) is 12.1 Å². The van der Waals surface area contributed by atoms with E-state index in [-0.39, 0.29) is 5.56 Å². The number of carboxylic acid groups (broad SMARTS) is 1. The molecular weight excluding hydrogens is 292 g/mol. The zero-order valence-corrected chi connectivity index (χ0v) is 11.3. The first-order valence-electron chi connectivity index (χ1n) is 4.97. The summed E-state index contributed by atoms with van der Waals surface area (Å²) in [6.45, 7) is 2.01. The maximum atomic E-state index is 11.9. The Morgan fingerprint density at radius 1 is 1.50 bits per heavy atom. The average Bonchev–Trinajstić information content (AvgIpc) is 2.25. The van der Waals surface area contributed by atoms with E-state index in [1.807, 2.05) is 6.92 Å². The Morgan fingerprint density at radius 3 is 2.75 bits per heavy atom.